The van der Waals surface area contributed by atoms with E-state index in [1.165, 1.54) is 6.42 Å². The van der Waals surface area contributed by atoms with Gasteiger partial charge in [-0.1, -0.05) is 0 Å². The lowest BCUT2D eigenvalue weighted by Gasteiger charge is -2.02. The number of halogens is 1. The third-order valence-corrected chi connectivity index (χ3v) is 1.28. The van der Waals surface area contributed by atoms with Gasteiger partial charge in [-0.3, -0.25) is 10.4 Å². The molecule has 1 heterocycles. The molecule has 1 rings (SSSR count). The number of nitrogens with one attached hydrogen (secondary N) is 2. The Bertz CT molecular complexity index is 114. The summed E-state index contributed by atoms with van der Waals surface area (Å²) in [5, 5.41) is 3.05. The summed E-state index contributed by atoms with van der Waals surface area (Å²) in [5.74, 6) is 5.84. The van der Waals surface area contributed by atoms with Crippen LogP contribution in [-0.4, -0.2) is 19.0 Å². The molecular weight excluding hydrogens is 152 g/mol. The first-order chi connectivity index (χ1) is 4.43. The van der Waals surface area contributed by atoms with Crippen LogP contribution in [0.15, 0.2) is 4.99 Å². The first-order valence-corrected chi connectivity index (χ1v) is 3.18. The second-order valence-corrected chi connectivity index (χ2v) is 2.01. The van der Waals surface area contributed by atoms with Gasteiger partial charge >= 0.3 is 0 Å². The van der Waals surface area contributed by atoms with Crippen molar-refractivity contribution in [3.63, 3.8) is 0 Å². The zero-order chi connectivity index (χ0) is 6.53. The van der Waals surface area contributed by atoms with Gasteiger partial charge < -0.3 is 5.32 Å². The molecule has 1 aliphatic heterocycles. The van der Waals surface area contributed by atoms with Gasteiger partial charge in [0.15, 0.2) is 0 Å². The van der Waals surface area contributed by atoms with Crippen LogP contribution in [0.2, 0.25) is 0 Å². The lowest BCUT2D eigenvalue weighted by Crippen LogP contribution is -2.41. The average molecular weight is 165 g/mol. The summed E-state index contributed by atoms with van der Waals surface area (Å²) in [7, 11) is 0. The van der Waals surface area contributed by atoms with Gasteiger partial charge in [0.1, 0.15) is 0 Å². The van der Waals surface area contributed by atoms with Crippen LogP contribution >= 0.6 is 12.4 Å². The van der Waals surface area contributed by atoms with Crippen LogP contribution in [0.4, 0.5) is 0 Å². The van der Waals surface area contributed by atoms with Crippen molar-refractivity contribution in [2.45, 2.75) is 12.8 Å². The molecule has 0 aliphatic carbocycles. The third kappa shape index (κ3) is 2.89. The number of nitrogens with two attached hydrogens (primary N) is 1. The van der Waals surface area contributed by atoms with Crippen LogP contribution in [0.25, 0.3) is 0 Å². The molecule has 0 saturated carbocycles. The van der Waals surface area contributed by atoms with Crippen molar-refractivity contribution in [2.75, 3.05) is 13.1 Å². The average Bonchev–Trinajstić information content (AvgIpc) is 2.13. The van der Waals surface area contributed by atoms with Crippen molar-refractivity contribution in [3.8, 4) is 0 Å². The van der Waals surface area contributed by atoms with Gasteiger partial charge in [0.2, 0.25) is 5.96 Å². The zero-order valence-corrected chi connectivity index (χ0v) is 6.58. The first kappa shape index (κ1) is 9.52. The van der Waals surface area contributed by atoms with Crippen LogP contribution < -0.4 is 16.6 Å². The summed E-state index contributed by atoms with van der Waals surface area (Å²) in [5.41, 5.74) is 2.48. The number of guanidine groups is 1. The molecule has 0 aromatic heterocycles. The van der Waals surface area contributed by atoms with E-state index in [-0.39, 0.29) is 12.4 Å². The predicted octanol–water partition coefficient (Wildman–Crippen LogP) is -0.389. The Morgan fingerprint density at radius 1 is 1.50 bits per heavy atom. The Hall–Kier alpha value is -0.480. The first-order valence-electron chi connectivity index (χ1n) is 3.18. The molecule has 5 heteroatoms. The highest BCUT2D eigenvalue weighted by molar-refractivity contribution is 5.85. The van der Waals surface area contributed by atoms with E-state index in [0.717, 1.165) is 19.5 Å². The van der Waals surface area contributed by atoms with Crippen molar-refractivity contribution in [3.05, 3.63) is 0 Å². The van der Waals surface area contributed by atoms with E-state index in [0.29, 0.717) is 5.96 Å². The fourth-order valence-corrected chi connectivity index (χ4v) is 0.787. The summed E-state index contributed by atoms with van der Waals surface area (Å²) in [6.07, 6.45) is 2.33. The molecule has 0 saturated heterocycles. The molecule has 10 heavy (non-hydrogen) atoms. The summed E-state index contributed by atoms with van der Waals surface area (Å²) >= 11 is 0. The van der Waals surface area contributed by atoms with Gasteiger partial charge in [-0.05, 0) is 12.8 Å². The maximum atomic E-state index is 5.13. The van der Waals surface area contributed by atoms with E-state index >= 15 is 0 Å². The highest BCUT2D eigenvalue weighted by Gasteiger charge is 1.98. The van der Waals surface area contributed by atoms with E-state index in [2.05, 4.69) is 15.7 Å². The molecule has 4 N–H and O–H groups in total. The normalized spacial score (nSPS) is 17.5. The van der Waals surface area contributed by atoms with Crippen molar-refractivity contribution in [1.29, 1.82) is 0 Å². The molecule has 0 spiro atoms. The lowest BCUT2D eigenvalue weighted by molar-refractivity contribution is 0.744. The minimum absolute atomic E-state index is 0. The number of aliphatic imine (C=N–C) groups is 1. The van der Waals surface area contributed by atoms with Gasteiger partial charge in [-0.15, -0.1) is 12.4 Å². The molecule has 0 radical (unpaired) electrons. The highest BCUT2D eigenvalue weighted by Crippen LogP contribution is 1.91. The molecule has 60 valence electrons. The van der Waals surface area contributed by atoms with Crippen LogP contribution in [0.5, 0.6) is 0 Å². The molecule has 0 amide bonds. The minimum Gasteiger partial charge on any atom is -0.355 e. The molecule has 0 aromatic rings. The highest BCUT2D eigenvalue weighted by atomic mass is 35.5. The van der Waals surface area contributed by atoms with E-state index < -0.39 is 0 Å². The van der Waals surface area contributed by atoms with Gasteiger partial charge in [-0.25, -0.2) is 5.84 Å². The minimum atomic E-state index is 0. The summed E-state index contributed by atoms with van der Waals surface area (Å²) in [6.45, 7) is 1.86. The molecule has 0 unspecified atom stereocenters. The van der Waals surface area contributed by atoms with Gasteiger partial charge in [0.25, 0.3) is 0 Å². The molecule has 0 aromatic carbocycles. The molecule has 0 fully saturated rings. The van der Waals surface area contributed by atoms with E-state index in [4.69, 9.17) is 5.84 Å². The Kier molecular flexibility index (Phi) is 5.06. The zero-order valence-electron chi connectivity index (χ0n) is 5.76. The number of hydrogen-bond donors (Lipinski definition) is 3. The summed E-state index contributed by atoms with van der Waals surface area (Å²) < 4.78 is 0. The van der Waals surface area contributed by atoms with Gasteiger partial charge in [0.05, 0.1) is 0 Å². The quantitative estimate of drug-likeness (QED) is 0.338. The largest absolute Gasteiger partial charge is 0.355 e. The van der Waals surface area contributed by atoms with Crippen molar-refractivity contribution < 1.29 is 0 Å². The summed E-state index contributed by atoms with van der Waals surface area (Å²) in [4.78, 5) is 4.11. The Balaban J connectivity index is 0.000000810. The fourth-order valence-electron chi connectivity index (χ4n) is 0.787. The topological polar surface area (TPSA) is 62.4 Å². The maximum Gasteiger partial charge on any atom is 0.205 e. The van der Waals surface area contributed by atoms with E-state index in [9.17, 15) is 0 Å². The Morgan fingerprint density at radius 2 is 2.30 bits per heavy atom. The van der Waals surface area contributed by atoms with E-state index in [1.54, 1.807) is 0 Å². The maximum absolute atomic E-state index is 5.13. The molecule has 0 bridgehead atoms. The second-order valence-electron chi connectivity index (χ2n) is 2.01. The Morgan fingerprint density at radius 3 is 3.00 bits per heavy atom. The SMILES string of the molecule is Cl.NNC1=NCCCCN1. The van der Waals surface area contributed by atoms with Crippen LogP contribution in [0, 0.1) is 0 Å². The summed E-state index contributed by atoms with van der Waals surface area (Å²) in [6, 6.07) is 0. The van der Waals surface area contributed by atoms with Gasteiger partial charge in [-0.2, -0.15) is 0 Å². The standard InChI is InChI=1S/C5H12N4.ClH/c6-9-5-7-3-1-2-4-8-5;/h1-4,6H2,(H2,7,8,9);1H. The van der Waals surface area contributed by atoms with Gasteiger partial charge in [0, 0.05) is 13.1 Å². The third-order valence-electron chi connectivity index (χ3n) is 1.28. The second kappa shape index (κ2) is 5.32. The predicted molar refractivity (Wildman–Crippen MR) is 44.1 cm³/mol. The number of nitrogens with zero attached hydrogens (tertiary/aromatic N) is 1. The lowest BCUT2D eigenvalue weighted by atomic mass is 10.3. The molecule has 0 atom stereocenters. The number of hydrazine groups is 1. The number of hydrogen-bond acceptors (Lipinski definition) is 4. The monoisotopic (exact) mass is 164 g/mol. The van der Waals surface area contributed by atoms with Crippen molar-refractivity contribution in [1.82, 2.24) is 10.7 Å². The smallest absolute Gasteiger partial charge is 0.205 e. The molecular formula is C5H13ClN4. The van der Waals surface area contributed by atoms with Crippen LogP contribution in [0.3, 0.4) is 0 Å². The fraction of sp³-hybridized carbons (Fsp3) is 0.800. The van der Waals surface area contributed by atoms with E-state index in [1.807, 2.05) is 0 Å². The number of rotatable bonds is 0. The molecule has 4 nitrogen and oxygen atoms in total. The Labute approximate surface area is 66.7 Å². The van der Waals surface area contributed by atoms with Crippen molar-refractivity contribution >= 4 is 18.4 Å². The van der Waals surface area contributed by atoms with Crippen LogP contribution in [0.1, 0.15) is 12.8 Å². The van der Waals surface area contributed by atoms with Crippen LogP contribution in [-0.2, 0) is 0 Å². The molecule has 1 aliphatic rings. The van der Waals surface area contributed by atoms with Crippen molar-refractivity contribution in [2.24, 2.45) is 10.8 Å².